The van der Waals surface area contributed by atoms with Crippen molar-refractivity contribution in [1.29, 1.82) is 0 Å². The Hall–Kier alpha value is -0.340. The smallest absolute Gasteiger partial charge is 0.105 e. The van der Waals surface area contributed by atoms with Crippen LogP contribution in [0, 0.1) is 5.21 Å². The lowest BCUT2D eigenvalue weighted by atomic mass is 10.0. The van der Waals surface area contributed by atoms with Gasteiger partial charge in [-0.1, -0.05) is 12.8 Å². The lowest BCUT2D eigenvalue weighted by Gasteiger charge is -2.42. The Labute approximate surface area is 87.8 Å². The van der Waals surface area contributed by atoms with E-state index in [1.807, 2.05) is 13.8 Å². The fraction of sp³-hybridized carbons (Fsp3) is 0.833. The lowest BCUT2D eigenvalue weighted by Crippen LogP contribution is -2.40. The molecule has 14 heavy (non-hydrogen) atoms. The molecule has 2 heteroatoms. The van der Waals surface area contributed by atoms with E-state index >= 15 is 0 Å². The van der Waals surface area contributed by atoms with Gasteiger partial charge in [-0.2, -0.15) is 0 Å². The van der Waals surface area contributed by atoms with Crippen LogP contribution >= 0.6 is 0 Å². The molecule has 1 rings (SSSR count). The Morgan fingerprint density at radius 3 is 2.43 bits per heavy atom. The molecular weight excluding hydrogens is 174 g/mol. The third kappa shape index (κ3) is 2.82. The van der Waals surface area contributed by atoms with Gasteiger partial charge in [-0.3, -0.25) is 0 Å². The molecule has 0 heterocycles. The van der Waals surface area contributed by atoms with Gasteiger partial charge >= 0.3 is 0 Å². The van der Waals surface area contributed by atoms with Crippen molar-refractivity contribution in [3.8, 4) is 0 Å². The first-order valence-corrected chi connectivity index (χ1v) is 6.00. The molecule has 0 radical (unpaired) electrons. The van der Waals surface area contributed by atoms with Crippen molar-refractivity contribution in [3.05, 3.63) is 17.0 Å². The highest BCUT2D eigenvalue weighted by molar-refractivity contribution is 4.95. The van der Waals surface area contributed by atoms with E-state index < -0.39 is 0 Å². The van der Waals surface area contributed by atoms with Gasteiger partial charge in [-0.05, 0) is 39.2 Å². The highest BCUT2D eigenvalue weighted by Crippen LogP contribution is 2.25. The summed E-state index contributed by atoms with van der Waals surface area (Å²) >= 11 is 0. The quantitative estimate of drug-likeness (QED) is 0.501. The topological polar surface area (TPSA) is 23.1 Å². The molecule has 2 nitrogen and oxygen atoms in total. The van der Waals surface area contributed by atoms with Gasteiger partial charge in [-0.15, -0.1) is 0 Å². The number of nitrogens with zero attached hydrogens (tertiary/aromatic N) is 1. The van der Waals surface area contributed by atoms with Gasteiger partial charge in [0.2, 0.25) is 0 Å². The van der Waals surface area contributed by atoms with Crippen LogP contribution in [0.2, 0.25) is 0 Å². The van der Waals surface area contributed by atoms with Crippen LogP contribution in [0.15, 0.2) is 11.8 Å². The molecule has 0 aromatic carbocycles. The van der Waals surface area contributed by atoms with Crippen LogP contribution in [0.3, 0.4) is 0 Å². The molecule has 0 N–H and O–H groups in total. The maximum atomic E-state index is 12.3. The molecule has 1 aliphatic carbocycles. The molecule has 0 fully saturated rings. The van der Waals surface area contributed by atoms with Gasteiger partial charge in [0.05, 0.1) is 13.1 Å². The van der Waals surface area contributed by atoms with Crippen LogP contribution < -0.4 is 0 Å². The molecule has 0 atom stereocenters. The third-order valence-corrected chi connectivity index (χ3v) is 3.31. The Balaban J connectivity index is 2.70. The molecule has 82 valence electrons. The number of rotatable bonds is 3. The zero-order valence-electron chi connectivity index (χ0n) is 9.59. The Bertz CT molecular complexity index is 194. The fourth-order valence-corrected chi connectivity index (χ4v) is 2.17. The van der Waals surface area contributed by atoms with Crippen molar-refractivity contribution in [2.45, 2.75) is 52.4 Å². The van der Waals surface area contributed by atoms with Gasteiger partial charge < -0.3 is 9.85 Å². The SMILES string of the molecule is CC[N+]([O-])(CC)C1=CCCCCCC1. The zero-order chi connectivity index (χ0) is 10.4. The Kier molecular flexibility index (Phi) is 4.63. The summed E-state index contributed by atoms with van der Waals surface area (Å²) in [5, 5.41) is 12.3. The van der Waals surface area contributed by atoms with Crippen molar-refractivity contribution in [2.75, 3.05) is 13.1 Å². The highest BCUT2D eigenvalue weighted by atomic mass is 16.5. The third-order valence-electron chi connectivity index (χ3n) is 3.31. The van der Waals surface area contributed by atoms with Crippen LogP contribution in [0.4, 0.5) is 0 Å². The van der Waals surface area contributed by atoms with E-state index in [2.05, 4.69) is 6.08 Å². The summed E-state index contributed by atoms with van der Waals surface area (Å²) < 4.78 is -0.0833. The summed E-state index contributed by atoms with van der Waals surface area (Å²) in [6.45, 7) is 5.36. The van der Waals surface area contributed by atoms with Crippen molar-refractivity contribution in [1.82, 2.24) is 0 Å². The second-order valence-corrected chi connectivity index (χ2v) is 4.17. The second kappa shape index (κ2) is 5.52. The van der Waals surface area contributed by atoms with Crippen LogP contribution in [0.25, 0.3) is 0 Å². The minimum Gasteiger partial charge on any atom is -0.628 e. The molecule has 0 aromatic heterocycles. The van der Waals surface area contributed by atoms with E-state index in [0.29, 0.717) is 13.1 Å². The molecule has 0 amide bonds. The predicted molar refractivity (Wildman–Crippen MR) is 60.5 cm³/mol. The van der Waals surface area contributed by atoms with E-state index in [9.17, 15) is 5.21 Å². The zero-order valence-corrected chi connectivity index (χ0v) is 9.59. The molecule has 0 saturated heterocycles. The van der Waals surface area contributed by atoms with E-state index in [1.54, 1.807) is 0 Å². The number of quaternary nitrogens is 1. The number of hydrogen-bond acceptors (Lipinski definition) is 1. The van der Waals surface area contributed by atoms with Crippen molar-refractivity contribution < 1.29 is 4.65 Å². The lowest BCUT2D eigenvalue weighted by molar-refractivity contribution is -0.840. The average Bonchev–Trinajstić information content (AvgIpc) is 2.16. The largest absolute Gasteiger partial charge is 0.628 e. The van der Waals surface area contributed by atoms with Gasteiger partial charge in [0.1, 0.15) is 5.70 Å². The number of allylic oxidation sites excluding steroid dienone is 2. The summed E-state index contributed by atoms with van der Waals surface area (Å²) in [5.41, 5.74) is 1.13. The van der Waals surface area contributed by atoms with Crippen LogP contribution in [-0.2, 0) is 0 Å². The monoisotopic (exact) mass is 197 g/mol. The summed E-state index contributed by atoms with van der Waals surface area (Å²) in [4.78, 5) is 0. The predicted octanol–water partition coefficient (Wildman–Crippen LogP) is 3.58. The fourth-order valence-electron chi connectivity index (χ4n) is 2.17. The summed E-state index contributed by atoms with van der Waals surface area (Å²) in [6.07, 6.45) is 9.43. The molecule has 0 unspecified atom stereocenters. The highest BCUT2D eigenvalue weighted by Gasteiger charge is 2.19. The average molecular weight is 197 g/mol. The van der Waals surface area contributed by atoms with E-state index in [1.165, 1.54) is 25.7 Å². The van der Waals surface area contributed by atoms with Crippen LogP contribution in [0.1, 0.15) is 52.4 Å². The normalized spacial score (nSPS) is 19.8. The number of hydroxylamine groups is 3. The van der Waals surface area contributed by atoms with Gasteiger partial charge in [0, 0.05) is 6.42 Å². The van der Waals surface area contributed by atoms with Crippen molar-refractivity contribution in [3.63, 3.8) is 0 Å². The van der Waals surface area contributed by atoms with Crippen molar-refractivity contribution >= 4 is 0 Å². The van der Waals surface area contributed by atoms with E-state index in [4.69, 9.17) is 0 Å². The van der Waals surface area contributed by atoms with E-state index in [-0.39, 0.29) is 4.65 Å². The molecule has 1 aliphatic rings. The molecule has 0 spiro atoms. The second-order valence-electron chi connectivity index (χ2n) is 4.17. The molecule has 0 aliphatic heterocycles. The van der Waals surface area contributed by atoms with Gasteiger partial charge in [-0.25, -0.2) is 0 Å². The van der Waals surface area contributed by atoms with Crippen LogP contribution in [-0.4, -0.2) is 17.7 Å². The molecule has 0 bridgehead atoms. The molecular formula is C12H23NO. The maximum Gasteiger partial charge on any atom is 0.105 e. The molecule has 0 aromatic rings. The minimum absolute atomic E-state index is 0.0833. The maximum absolute atomic E-state index is 12.3. The Morgan fingerprint density at radius 1 is 1.14 bits per heavy atom. The first kappa shape index (κ1) is 11.7. The summed E-state index contributed by atoms with van der Waals surface area (Å²) in [7, 11) is 0. The standard InChI is InChI=1S/C12H23NO/c1-3-13(14,4-2)12-10-8-6-5-7-9-11-12/h10H,3-9,11H2,1-2H3. The van der Waals surface area contributed by atoms with Gasteiger partial charge in [0.15, 0.2) is 0 Å². The Morgan fingerprint density at radius 2 is 1.79 bits per heavy atom. The summed E-state index contributed by atoms with van der Waals surface area (Å²) in [6, 6.07) is 0. The van der Waals surface area contributed by atoms with Gasteiger partial charge in [0.25, 0.3) is 0 Å². The van der Waals surface area contributed by atoms with Crippen molar-refractivity contribution in [2.24, 2.45) is 0 Å². The first-order chi connectivity index (χ1) is 6.73. The first-order valence-electron chi connectivity index (χ1n) is 6.00. The molecule has 0 saturated carbocycles. The van der Waals surface area contributed by atoms with E-state index in [0.717, 1.165) is 18.5 Å². The minimum atomic E-state index is -0.0833. The van der Waals surface area contributed by atoms with Crippen LogP contribution in [0.5, 0.6) is 0 Å². The summed E-state index contributed by atoms with van der Waals surface area (Å²) in [5.74, 6) is 0. The number of hydrogen-bond donors (Lipinski definition) is 0.